The van der Waals surface area contributed by atoms with Crippen LogP contribution in [0.4, 0.5) is 17.6 Å². The predicted octanol–water partition coefficient (Wildman–Crippen LogP) is 4.55. The molecule has 1 aromatic carbocycles. The fraction of sp³-hybridized carbons (Fsp3) is 0.375. The number of unbranched alkanes of at least 4 members (excludes halogenated alkanes) is 2. The molecule has 0 aliphatic rings. The number of benzene rings is 1. The van der Waals surface area contributed by atoms with Crippen molar-refractivity contribution in [2.24, 2.45) is 0 Å². The van der Waals surface area contributed by atoms with Crippen molar-refractivity contribution in [3.8, 4) is 23.7 Å². The van der Waals surface area contributed by atoms with Crippen LogP contribution in [0.5, 0.6) is 0 Å². The SMILES string of the molecule is CCCC#Cc1c(F)c(F)c(F)c(F)c1C#CCCC. The van der Waals surface area contributed by atoms with Crippen molar-refractivity contribution >= 4 is 0 Å². The van der Waals surface area contributed by atoms with Crippen molar-refractivity contribution < 1.29 is 17.6 Å². The van der Waals surface area contributed by atoms with E-state index in [1.54, 1.807) is 0 Å². The zero-order valence-electron chi connectivity index (χ0n) is 11.3. The topological polar surface area (TPSA) is 0 Å². The Morgan fingerprint density at radius 2 is 1.00 bits per heavy atom. The van der Waals surface area contributed by atoms with Gasteiger partial charge in [0.25, 0.3) is 0 Å². The van der Waals surface area contributed by atoms with Crippen molar-refractivity contribution in [3.63, 3.8) is 0 Å². The molecule has 0 atom stereocenters. The van der Waals surface area contributed by atoms with Crippen LogP contribution in [0.25, 0.3) is 0 Å². The molecule has 0 nitrogen and oxygen atoms in total. The van der Waals surface area contributed by atoms with Gasteiger partial charge in [-0.3, -0.25) is 0 Å². The van der Waals surface area contributed by atoms with Gasteiger partial charge in [0.05, 0.1) is 11.1 Å². The maximum absolute atomic E-state index is 13.7. The Kier molecular flexibility index (Phi) is 6.12. The van der Waals surface area contributed by atoms with Crippen LogP contribution in [0.15, 0.2) is 0 Å². The van der Waals surface area contributed by atoms with Gasteiger partial charge in [-0.1, -0.05) is 37.5 Å². The van der Waals surface area contributed by atoms with E-state index in [0.29, 0.717) is 12.8 Å². The molecule has 0 radical (unpaired) electrons. The minimum Gasteiger partial charge on any atom is -0.202 e. The lowest BCUT2D eigenvalue weighted by Gasteiger charge is -2.04. The fourth-order valence-electron chi connectivity index (χ4n) is 1.42. The molecule has 1 aromatic rings. The Balaban J connectivity index is 3.47. The zero-order chi connectivity index (χ0) is 15.1. The minimum atomic E-state index is -1.86. The molecular weight excluding hydrogens is 268 g/mol. The molecule has 0 saturated carbocycles. The maximum Gasteiger partial charge on any atom is 0.198 e. The molecule has 106 valence electrons. The van der Waals surface area contributed by atoms with E-state index in [-0.39, 0.29) is 0 Å². The van der Waals surface area contributed by atoms with Crippen LogP contribution in [-0.4, -0.2) is 0 Å². The third-order valence-corrected chi connectivity index (χ3v) is 2.44. The Morgan fingerprint density at radius 1 is 0.650 bits per heavy atom. The second-order valence-electron chi connectivity index (χ2n) is 4.11. The molecule has 0 aliphatic carbocycles. The van der Waals surface area contributed by atoms with Crippen molar-refractivity contribution in [2.75, 3.05) is 0 Å². The van der Waals surface area contributed by atoms with Gasteiger partial charge in [0.2, 0.25) is 0 Å². The summed E-state index contributed by atoms with van der Waals surface area (Å²) >= 11 is 0. The molecule has 1 rings (SSSR count). The quantitative estimate of drug-likeness (QED) is 0.323. The lowest BCUT2D eigenvalue weighted by atomic mass is 10.0. The first-order valence-corrected chi connectivity index (χ1v) is 6.38. The summed E-state index contributed by atoms with van der Waals surface area (Å²) in [6.07, 6.45) is 2.33. The van der Waals surface area contributed by atoms with Gasteiger partial charge in [0.15, 0.2) is 23.3 Å². The molecule has 0 spiro atoms. The molecule has 0 amide bonds. The van der Waals surface area contributed by atoms with Crippen molar-refractivity contribution in [2.45, 2.75) is 39.5 Å². The molecule has 0 N–H and O–H groups in total. The molecule has 4 heteroatoms. The monoisotopic (exact) mass is 282 g/mol. The first kappa shape index (κ1) is 16.1. The average Bonchev–Trinajstić information content (AvgIpc) is 2.45. The van der Waals surface area contributed by atoms with Crippen LogP contribution in [0.2, 0.25) is 0 Å². The van der Waals surface area contributed by atoms with E-state index >= 15 is 0 Å². The van der Waals surface area contributed by atoms with E-state index in [9.17, 15) is 17.6 Å². The van der Waals surface area contributed by atoms with Crippen LogP contribution in [0, 0.1) is 47.0 Å². The number of hydrogen-bond donors (Lipinski definition) is 0. The summed E-state index contributed by atoms with van der Waals surface area (Å²) in [6, 6.07) is 0. The molecule has 0 heterocycles. The van der Waals surface area contributed by atoms with Gasteiger partial charge >= 0.3 is 0 Å². The summed E-state index contributed by atoms with van der Waals surface area (Å²) in [5, 5.41) is 0. The molecule has 0 aromatic heterocycles. The first-order chi connectivity index (χ1) is 9.54. The third-order valence-electron chi connectivity index (χ3n) is 2.44. The van der Waals surface area contributed by atoms with Crippen LogP contribution < -0.4 is 0 Å². The normalized spacial score (nSPS) is 9.50. The second kappa shape index (κ2) is 7.60. The highest BCUT2D eigenvalue weighted by Gasteiger charge is 2.23. The summed E-state index contributed by atoms with van der Waals surface area (Å²) in [5.74, 6) is 3.16. The Bertz CT molecular complexity index is 555. The molecule has 0 bridgehead atoms. The van der Waals surface area contributed by atoms with Crippen molar-refractivity contribution in [1.29, 1.82) is 0 Å². The van der Waals surface area contributed by atoms with Gasteiger partial charge in [0.1, 0.15) is 0 Å². The van der Waals surface area contributed by atoms with Gasteiger partial charge in [-0.2, -0.15) is 0 Å². The Hall–Kier alpha value is -1.94. The van der Waals surface area contributed by atoms with Gasteiger partial charge in [-0.15, -0.1) is 0 Å². The van der Waals surface area contributed by atoms with E-state index in [1.807, 2.05) is 13.8 Å². The highest BCUT2D eigenvalue weighted by Crippen LogP contribution is 2.23. The average molecular weight is 282 g/mol. The van der Waals surface area contributed by atoms with E-state index in [2.05, 4.69) is 23.7 Å². The van der Waals surface area contributed by atoms with Crippen molar-refractivity contribution in [3.05, 3.63) is 34.4 Å². The van der Waals surface area contributed by atoms with Gasteiger partial charge in [-0.05, 0) is 12.8 Å². The van der Waals surface area contributed by atoms with Gasteiger partial charge in [0, 0.05) is 12.8 Å². The van der Waals surface area contributed by atoms with Gasteiger partial charge in [-0.25, -0.2) is 17.6 Å². The number of rotatable bonds is 2. The van der Waals surface area contributed by atoms with E-state index in [4.69, 9.17) is 0 Å². The molecule has 0 unspecified atom stereocenters. The fourth-order valence-corrected chi connectivity index (χ4v) is 1.42. The highest BCUT2D eigenvalue weighted by molar-refractivity contribution is 5.52. The van der Waals surface area contributed by atoms with Crippen LogP contribution in [0.1, 0.15) is 50.7 Å². The van der Waals surface area contributed by atoms with Crippen LogP contribution >= 0.6 is 0 Å². The summed E-state index contributed by atoms with van der Waals surface area (Å²) < 4.78 is 53.8. The van der Waals surface area contributed by atoms with Crippen molar-refractivity contribution in [1.82, 2.24) is 0 Å². The summed E-state index contributed by atoms with van der Waals surface area (Å²) in [7, 11) is 0. The lowest BCUT2D eigenvalue weighted by molar-refractivity contribution is 0.406. The summed E-state index contributed by atoms with van der Waals surface area (Å²) in [6.45, 7) is 3.72. The minimum absolute atomic E-state index is 0.446. The van der Waals surface area contributed by atoms with Gasteiger partial charge < -0.3 is 0 Å². The molecular formula is C16H14F4. The highest BCUT2D eigenvalue weighted by atomic mass is 19.2. The van der Waals surface area contributed by atoms with E-state index in [0.717, 1.165) is 12.8 Å². The van der Waals surface area contributed by atoms with Crippen LogP contribution in [-0.2, 0) is 0 Å². The second-order valence-corrected chi connectivity index (χ2v) is 4.11. The molecule has 0 saturated heterocycles. The van der Waals surface area contributed by atoms with Crippen LogP contribution in [0.3, 0.4) is 0 Å². The predicted molar refractivity (Wildman–Crippen MR) is 69.8 cm³/mol. The first-order valence-electron chi connectivity index (χ1n) is 6.38. The Labute approximate surface area is 116 Å². The number of hydrogen-bond acceptors (Lipinski definition) is 0. The maximum atomic E-state index is 13.7. The largest absolute Gasteiger partial charge is 0.202 e. The van der Waals surface area contributed by atoms with E-state index < -0.39 is 34.4 Å². The standard InChI is InChI=1S/C16H14F4/c1-3-5-7-9-11-12(10-8-6-4-2)14(18)16(20)15(19)13(11)17/h3-6H2,1-2H3. The van der Waals surface area contributed by atoms with E-state index in [1.165, 1.54) is 0 Å². The Morgan fingerprint density at radius 3 is 1.30 bits per heavy atom. The zero-order valence-corrected chi connectivity index (χ0v) is 11.3. The lowest BCUT2D eigenvalue weighted by Crippen LogP contribution is -2.04. The summed E-state index contributed by atoms with van der Waals surface area (Å²) in [5.41, 5.74) is -1.03. The molecule has 0 aliphatic heterocycles. The number of halogens is 4. The molecule has 20 heavy (non-hydrogen) atoms. The third kappa shape index (κ3) is 3.54. The summed E-state index contributed by atoms with van der Waals surface area (Å²) in [4.78, 5) is 0. The smallest absolute Gasteiger partial charge is 0.198 e. The molecule has 0 fully saturated rings.